The zero-order chi connectivity index (χ0) is 15.4. The van der Waals surface area contributed by atoms with E-state index in [-0.39, 0.29) is 17.9 Å². The fourth-order valence-corrected chi connectivity index (χ4v) is 2.85. The molecule has 0 amide bonds. The Hall–Kier alpha value is -1.67. The minimum Gasteiger partial charge on any atom is -0.303 e. The molecule has 0 heterocycles. The van der Waals surface area contributed by atoms with Crippen molar-refractivity contribution in [2.45, 2.75) is 46.2 Å². The number of hydrogen-bond donors (Lipinski definition) is 1. The maximum Gasteiger partial charge on any atom is 0.123 e. The van der Waals surface area contributed by atoms with Crippen LogP contribution in [0, 0.1) is 19.7 Å². The Labute approximate surface area is 127 Å². The van der Waals surface area contributed by atoms with Crippen molar-refractivity contribution in [1.29, 1.82) is 0 Å². The van der Waals surface area contributed by atoms with Gasteiger partial charge in [0, 0.05) is 12.1 Å². The van der Waals surface area contributed by atoms with E-state index in [4.69, 9.17) is 0 Å². The van der Waals surface area contributed by atoms with Gasteiger partial charge in [0.25, 0.3) is 0 Å². The van der Waals surface area contributed by atoms with E-state index in [9.17, 15) is 4.39 Å². The molecule has 112 valence electrons. The molecule has 2 aromatic rings. The molecule has 0 saturated carbocycles. The van der Waals surface area contributed by atoms with E-state index in [0.29, 0.717) is 0 Å². The molecule has 0 fully saturated rings. The average molecular weight is 285 g/mol. The second-order valence-corrected chi connectivity index (χ2v) is 5.76. The number of hydrogen-bond acceptors (Lipinski definition) is 1. The van der Waals surface area contributed by atoms with Gasteiger partial charge in [0.2, 0.25) is 0 Å². The van der Waals surface area contributed by atoms with Crippen LogP contribution >= 0.6 is 0 Å². The molecule has 2 rings (SSSR count). The lowest BCUT2D eigenvalue weighted by atomic mass is 9.97. The Morgan fingerprint density at radius 2 is 1.71 bits per heavy atom. The van der Waals surface area contributed by atoms with Crippen molar-refractivity contribution in [2.75, 3.05) is 0 Å². The molecule has 1 N–H and O–H groups in total. The first-order chi connectivity index (χ1) is 10.0. The minimum atomic E-state index is -0.184. The van der Waals surface area contributed by atoms with Crippen molar-refractivity contribution in [1.82, 2.24) is 5.32 Å². The molecule has 0 radical (unpaired) electrons. The molecule has 0 aliphatic rings. The van der Waals surface area contributed by atoms with Gasteiger partial charge in [0.1, 0.15) is 5.82 Å². The Kier molecular flexibility index (Phi) is 5.13. The van der Waals surface area contributed by atoms with E-state index in [1.807, 2.05) is 12.1 Å². The molecule has 0 aliphatic heterocycles. The highest BCUT2D eigenvalue weighted by Gasteiger charge is 2.15. The normalized spacial score (nSPS) is 14.0. The molecule has 0 spiro atoms. The SMILES string of the molecule is CCC(NC(C)c1ccc(C)cc1C)c1ccc(F)cc1. The van der Waals surface area contributed by atoms with Crippen molar-refractivity contribution in [3.8, 4) is 0 Å². The van der Waals surface area contributed by atoms with Crippen molar-refractivity contribution >= 4 is 0 Å². The molecule has 0 bridgehead atoms. The van der Waals surface area contributed by atoms with Gasteiger partial charge in [-0.15, -0.1) is 0 Å². The number of benzene rings is 2. The maximum atomic E-state index is 13.1. The van der Waals surface area contributed by atoms with E-state index in [0.717, 1.165) is 12.0 Å². The van der Waals surface area contributed by atoms with Crippen molar-refractivity contribution in [3.05, 3.63) is 70.5 Å². The summed E-state index contributed by atoms with van der Waals surface area (Å²) < 4.78 is 13.1. The van der Waals surface area contributed by atoms with Crippen LogP contribution in [-0.2, 0) is 0 Å². The van der Waals surface area contributed by atoms with Gasteiger partial charge >= 0.3 is 0 Å². The molecule has 0 aliphatic carbocycles. The number of aryl methyl sites for hydroxylation is 2. The van der Waals surface area contributed by atoms with Crippen LogP contribution in [0.4, 0.5) is 4.39 Å². The summed E-state index contributed by atoms with van der Waals surface area (Å²) in [5.74, 6) is -0.184. The van der Waals surface area contributed by atoms with Crippen LogP contribution in [0.2, 0.25) is 0 Å². The van der Waals surface area contributed by atoms with Gasteiger partial charge in [-0.25, -0.2) is 4.39 Å². The third-order valence-electron chi connectivity index (χ3n) is 4.02. The topological polar surface area (TPSA) is 12.0 Å². The number of nitrogens with one attached hydrogen (secondary N) is 1. The highest BCUT2D eigenvalue weighted by atomic mass is 19.1. The van der Waals surface area contributed by atoms with Crippen molar-refractivity contribution < 1.29 is 4.39 Å². The summed E-state index contributed by atoms with van der Waals surface area (Å²) in [7, 11) is 0. The Morgan fingerprint density at radius 3 is 2.29 bits per heavy atom. The molecule has 2 heteroatoms. The van der Waals surface area contributed by atoms with Gasteiger partial charge < -0.3 is 5.32 Å². The lowest BCUT2D eigenvalue weighted by Crippen LogP contribution is -2.24. The van der Waals surface area contributed by atoms with Gasteiger partial charge in [-0.05, 0) is 56.0 Å². The molecule has 2 aromatic carbocycles. The lowest BCUT2D eigenvalue weighted by Gasteiger charge is -2.24. The van der Waals surface area contributed by atoms with Crippen LogP contribution < -0.4 is 5.32 Å². The summed E-state index contributed by atoms with van der Waals surface area (Å²) in [5.41, 5.74) is 5.05. The molecule has 21 heavy (non-hydrogen) atoms. The highest BCUT2D eigenvalue weighted by Crippen LogP contribution is 2.24. The smallest absolute Gasteiger partial charge is 0.123 e. The summed E-state index contributed by atoms with van der Waals surface area (Å²) in [5, 5.41) is 3.66. The second kappa shape index (κ2) is 6.86. The molecule has 1 nitrogen and oxygen atoms in total. The molecule has 0 aromatic heterocycles. The summed E-state index contributed by atoms with van der Waals surface area (Å²) in [6.07, 6.45) is 0.973. The van der Waals surface area contributed by atoms with E-state index >= 15 is 0 Å². The zero-order valence-corrected chi connectivity index (χ0v) is 13.3. The third kappa shape index (κ3) is 3.92. The first kappa shape index (κ1) is 15.7. The van der Waals surface area contributed by atoms with Gasteiger partial charge in [-0.3, -0.25) is 0 Å². The van der Waals surface area contributed by atoms with Crippen LogP contribution in [0.25, 0.3) is 0 Å². The summed E-state index contributed by atoms with van der Waals surface area (Å²) in [6.45, 7) is 8.60. The van der Waals surface area contributed by atoms with Crippen LogP contribution in [0.15, 0.2) is 42.5 Å². The first-order valence-corrected chi connectivity index (χ1v) is 7.60. The number of rotatable bonds is 5. The maximum absolute atomic E-state index is 13.1. The Bertz CT molecular complexity index is 589. The fourth-order valence-electron chi connectivity index (χ4n) is 2.85. The second-order valence-electron chi connectivity index (χ2n) is 5.76. The van der Waals surface area contributed by atoms with Gasteiger partial charge in [-0.1, -0.05) is 42.8 Å². The van der Waals surface area contributed by atoms with Crippen molar-refractivity contribution in [3.63, 3.8) is 0 Å². The molecule has 2 atom stereocenters. The van der Waals surface area contributed by atoms with Crippen LogP contribution in [-0.4, -0.2) is 0 Å². The predicted octanol–water partition coefficient (Wildman–Crippen LogP) is 5.24. The van der Waals surface area contributed by atoms with Gasteiger partial charge in [0.05, 0.1) is 0 Å². The van der Waals surface area contributed by atoms with Gasteiger partial charge in [0.15, 0.2) is 0 Å². The monoisotopic (exact) mass is 285 g/mol. The average Bonchev–Trinajstić information content (AvgIpc) is 2.45. The molecule has 0 saturated heterocycles. The van der Waals surface area contributed by atoms with Crippen molar-refractivity contribution in [2.24, 2.45) is 0 Å². The molecular weight excluding hydrogens is 261 g/mol. The summed E-state index contributed by atoms with van der Waals surface area (Å²) in [4.78, 5) is 0. The number of halogens is 1. The predicted molar refractivity (Wildman–Crippen MR) is 86.9 cm³/mol. The minimum absolute atomic E-state index is 0.184. The summed E-state index contributed by atoms with van der Waals surface area (Å²) in [6, 6.07) is 13.9. The van der Waals surface area contributed by atoms with Gasteiger partial charge in [-0.2, -0.15) is 0 Å². The zero-order valence-electron chi connectivity index (χ0n) is 13.3. The van der Waals surface area contributed by atoms with Crippen LogP contribution in [0.3, 0.4) is 0 Å². The largest absolute Gasteiger partial charge is 0.303 e. The standard InChI is InChI=1S/C19H24FN/c1-5-19(16-7-9-17(20)10-8-16)21-15(4)18-11-6-13(2)12-14(18)3/h6-12,15,19,21H,5H2,1-4H3. The summed E-state index contributed by atoms with van der Waals surface area (Å²) >= 11 is 0. The quantitative estimate of drug-likeness (QED) is 0.791. The molecular formula is C19H24FN. The Balaban J connectivity index is 2.15. The van der Waals surface area contributed by atoms with E-state index in [1.54, 1.807) is 0 Å². The highest BCUT2D eigenvalue weighted by molar-refractivity contribution is 5.33. The lowest BCUT2D eigenvalue weighted by molar-refractivity contribution is 0.454. The van der Waals surface area contributed by atoms with E-state index in [1.165, 1.54) is 28.8 Å². The third-order valence-corrected chi connectivity index (χ3v) is 4.02. The van der Waals surface area contributed by atoms with Crippen LogP contribution in [0.5, 0.6) is 0 Å². The first-order valence-electron chi connectivity index (χ1n) is 7.60. The van der Waals surface area contributed by atoms with E-state index < -0.39 is 0 Å². The fraction of sp³-hybridized carbons (Fsp3) is 0.368. The Morgan fingerprint density at radius 1 is 1.05 bits per heavy atom. The van der Waals surface area contributed by atoms with Crippen LogP contribution in [0.1, 0.15) is 54.6 Å². The molecule has 2 unspecified atom stereocenters. The van der Waals surface area contributed by atoms with E-state index in [2.05, 4.69) is 51.2 Å².